The molecule has 4 heteroatoms. The highest BCUT2D eigenvalue weighted by Gasteiger charge is 1.99. The van der Waals surface area contributed by atoms with Crippen LogP contribution in [0.1, 0.15) is 12.5 Å². The number of hydrogen-bond acceptors (Lipinski definition) is 4. The van der Waals surface area contributed by atoms with E-state index in [4.69, 9.17) is 4.42 Å². The molecule has 0 amide bonds. The summed E-state index contributed by atoms with van der Waals surface area (Å²) >= 11 is 0. The molecule has 4 nitrogen and oxygen atoms in total. The van der Waals surface area contributed by atoms with Gasteiger partial charge in [0.2, 0.25) is 0 Å². The van der Waals surface area contributed by atoms with Gasteiger partial charge in [0, 0.05) is 13.1 Å². The van der Waals surface area contributed by atoms with Gasteiger partial charge in [-0.3, -0.25) is 0 Å². The molecule has 0 aliphatic heterocycles. The molecule has 0 saturated heterocycles. The molecule has 0 spiro atoms. The van der Waals surface area contributed by atoms with Gasteiger partial charge in [0.15, 0.2) is 12.0 Å². The molecule has 0 atom stereocenters. The third-order valence-electron chi connectivity index (χ3n) is 2.71. The third-order valence-corrected chi connectivity index (χ3v) is 2.71. The second kappa shape index (κ2) is 6.37. The summed E-state index contributed by atoms with van der Waals surface area (Å²) in [7, 11) is 0. The van der Waals surface area contributed by atoms with E-state index in [0.717, 1.165) is 43.7 Å². The number of hydrogen-bond donors (Lipinski definition) is 2. The van der Waals surface area contributed by atoms with Gasteiger partial charge in [-0.2, -0.15) is 0 Å². The van der Waals surface area contributed by atoms with Crippen molar-refractivity contribution >= 4 is 11.1 Å². The topological polar surface area (TPSA) is 50.1 Å². The number of fused-ring (bicyclic) bond motifs is 1. The van der Waals surface area contributed by atoms with E-state index in [2.05, 4.69) is 34.7 Å². The molecule has 1 aromatic carbocycles. The Morgan fingerprint density at radius 1 is 1.18 bits per heavy atom. The smallest absolute Gasteiger partial charge is 0.181 e. The zero-order valence-electron chi connectivity index (χ0n) is 10.2. The maximum Gasteiger partial charge on any atom is 0.181 e. The Labute approximate surface area is 101 Å². The lowest BCUT2D eigenvalue weighted by molar-refractivity contribution is 0.600. The van der Waals surface area contributed by atoms with Gasteiger partial charge in [-0.25, -0.2) is 4.98 Å². The van der Waals surface area contributed by atoms with Crippen LogP contribution < -0.4 is 10.6 Å². The molecular weight excluding hydrogens is 214 g/mol. The van der Waals surface area contributed by atoms with Gasteiger partial charge in [-0.1, -0.05) is 13.0 Å². The van der Waals surface area contributed by atoms with Crippen LogP contribution in [-0.2, 0) is 6.42 Å². The van der Waals surface area contributed by atoms with Crippen molar-refractivity contribution in [2.45, 2.75) is 13.3 Å². The highest BCUT2D eigenvalue weighted by molar-refractivity contribution is 5.72. The first-order valence-electron chi connectivity index (χ1n) is 6.13. The summed E-state index contributed by atoms with van der Waals surface area (Å²) in [5.74, 6) is 0. The molecule has 2 aromatic rings. The Bertz CT molecular complexity index is 453. The van der Waals surface area contributed by atoms with Crippen molar-refractivity contribution in [2.24, 2.45) is 0 Å². The average Bonchev–Trinajstić information content (AvgIpc) is 2.81. The second-order valence-electron chi connectivity index (χ2n) is 4.01. The quantitative estimate of drug-likeness (QED) is 0.713. The van der Waals surface area contributed by atoms with Gasteiger partial charge in [-0.15, -0.1) is 0 Å². The number of nitrogens with one attached hydrogen (secondary N) is 2. The predicted octanol–water partition coefficient (Wildman–Crippen LogP) is 1.57. The van der Waals surface area contributed by atoms with Gasteiger partial charge >= 0.3 is 0 Å². The molecule has 1 heterocycles. The van der Waals surface area contributed by atoms with Gasteiger partial charge in [-0.05, 0) is 37.2 Å². The van der Waals surface area contributed by atoms with Crippen molar-refractivity contribution in [1.29, 1.82) is 0 Å². The average molecular weight is 233 g/mol. The van der Waals surface area contributed by atoms with Crippen molar-refractivity contribution in [3.63, 3.8) is 0 Å². The summed E-state index contributed by atoms with van der Waals surface area (Å²) in [5, 5.41) is 6.68. The Morgan fingerprint density at radius 2 is 2.06 bits per heavy atom. The van der Waals surface area contributed by atoms with Crippen molar-refractivity contribution in [3.05, 3.63) is 30.2 Å². The number of aromatic nitrogens is 1. The zero-order chi connectivity index (χ0) is 11.9. The van der Waals surface area contributed by atoms with Gasteiger partial charge in [0.25, 0.3) is 0 Å². The van der Waals surface area contributed by atoms with Crippen LogP contribution in [0.15, 0.2) is 29.0 Å². The summed E-state index contributed by atoms with van der Waals surface area (Å²) in [6, 6.07) is 6.18. The fourth-order valence-corrected chi connectivity index (χ4v) is 1.77. The van der Waals surface area contributed by atoms with E-state index in [9.17, 15) is 0 Å². The largest absolute Gasteiger partial charge is 0.443 e. The third kappa shape index (κ3) is 3.54. The Balaban J connectivity index is 1.75. The van der Waals surface area contributed by atoms with E-state index >= 15 is 0 Å². The minimum absolute atomic E-state index is 0.871. The number of nitrogens with zero attached hydrogens (tertiary/aromatic N) is 1. The molecule has 0 aliphatic rings. The van der Waals surface area contributed by atoms with Crippen molar-refractivity contribution in [2.75, 3.05) is 26.2 Å². The normalized spacial score (nSPS) is 11.1. The molecule has 0 aliphatic carbocycles. The summed E-state index contributed by atoms with van der Waals surface area (Å²) in [4.78, 5) is 4.10. The highest BCUT2D eigenvalue weighted by Crippen LogP contribution is 2.14. The second-order valence-corrected chi connectivity index (χ2v) is 4.01. The lowest BCUT2D eigenvalue weighted by Crippen LogP contribution is -2.28. The molecular formula is C13H19N3O. The monoisotopic (exact) mass is 233 g/mol. The van der Waals surface area contributed by atoms with Crippen LogP contribution in [0.2, 0.25) is 0 Å². The minimum Gasteiger partial charge on any atom is -0.443 e. The fraction of sp³-hybridized carbons (Fsp3) is 0.462. The molecule has 1 aromatic heterocycles. The first kappa shape index (κ1) is 12.1. The predicted molar refractivity (Wildman–Crippen MR) is 69.1 cm³/mol. The number of likely N-dealkylation sites (N-methyl/N-ethyl adjacent to an activating group) is 1. The SMILES string of the molecule is CCNCCNCCc1ccc2ncoc2c1. The molecule has 2 N–H and O–H groups in total. The summed E-state index contributed by atoms with van der Waals surface area (Å²) in [6.07, 6.45) is 2.51. The number of oxazole rings is 1. The molecule has 92 valence electrons. The molecule has 0 radical (unpaired) electrons. The van der Waals surface area contributed by atoms with E-state index in [-0.39, 0.29) is 0 Å². The van der Waals surface area contributed by atoms with E-state index in [1.807, 2.05) is 6.07 Å². The van der Waals surface area contributed by atoms with E-state index in [0.29, 0.717) is 0 Å². The highest BCUT2D eigenvalue weighted by atomic mass is 16.3. The Hall–Kier alpha value is -1.39. The summed E-state index contributed by atoms with van der Waals surface area (Å²) < 4.78 is 5.28. The van der Waals surface area contributed by atoms with Gasteiger partial charge in [0.05, 0.1) is 0 Å². The van der Waals surface area contributed by atoms with Crippen molar-refractivity contribution < 1.29 is 4.42 Å². The van der Waals surface area contributed by atoms with Crippen LogP contribution in [0.25, 0.3) is 11.1 Å². The lowest BCUT2D eigenvalue weighted by atomic mass is 10.1. The molecule has 2 rings (SSSR count). The van der Waals surface area contributed by atoms with Gasteiger partial charge in [0.1, 0.15) is 5.52 Å². The van der Waals surface area contributed by atoms with E-state index in [1.165, 1.54) is 12.0 Å². The van der Waals surface area contributed by atoms with E-state index < -0.39 is 0 Å². The molecule has 17 heavy (non-hydrogen) atoms. The molecule has 0 fully saturated rings. The summed E-state index contributed by atoms with van der Waals surface area (Å²) in [6.45, 7) is 6.18. The van der Waals surface area contributed by atoms with Crippen LogP contribution in [0.3, 0.4) is 0 Å². The number of benzene rings is 1. The Kier molecular flexibility index (Phi) is 4.53. The lowest BCUT2D eigenvalue weighted by Gasteiger charge is -2.05. The Morgan fingerprint density at radius 3 is 2.94 bits per heavy atom. The van der Waals surface area contributed by atoms with Crippen LogP contribution in [0, 0.1) is 0 Å². The standard InChI is InChI=1S/C13H19N3O/c1-2-14-7-8-15-6-5-11-3-4-12-13(9-11)17-10-16-12/h3-4,9-10,14-15H,2,5-8H2,1H3. The zero-order valence-corrected chi connectivity index (χ0v) is 10.2. The van der Waals surface area contributed by atoms with Crippen LogP contribution >= 0.6 is 0 Å². The summed E-state index contributed by atoms with van der Waals surface area (Å²) in [5.41, 5.74) is 3.08. The van der Waals surface area contributed by atoms with Crippen LogP contribution in [0.5, 0.6) is 0 Å². The number of rotatable bonds is 7. The van der Waals surface area contributed by atoms with Crippen molar-refractivity contribution in [1.82, 2.24) is 15.6 Å². The fourth-order valence-electron chi connectivity index (χ4n) is 1.77. The first-order valence-corrected chi connectivity index (χ1v) is 6.13. The van der Waals surface area contributed by atoms with Crippen molar-refractivity contribution in [3.8, 4) is 0 Å². The van der Waals surface area contributed by atoms with Crippen LogP contribution in [-0.4, -0.2) is 31.2 Å². The minimum atomic E-state index is 0.871. The molecule has 0 bridgehead atoms. The van der Waals surface area contributed by atoms with Crippen LogP contribution in [0.4, 0.5) is 0 Å². The molecule has 0 saturated carbocycles. The first-order chi connectivity index (χ1) is 8.40. The molecule has 0 unspecified atom stereocenters. The van der Waals surface area contributed by atoms with E-state index in [1.54, 1.807) is 0 Å². The maximum absolute atomic E-state index is 5.28. The van der Waals surface area contributed by atoms with Gasteiger partial charge < -0.3 is 15.1 Å². The maximum atomic E-state index is 5.28.